The standard InChI is InChI=1S/C13H16N2O2/c1-17-13(16)12-3-2-8-15(10-12)9-11-4-6-14-7-5-11/h3-7H,2,8-10H2,1H3. The number of carbonyl (C=O) groups is 1. The molecule has 1 aliphatic rings. The summed E-state index contributed by atoms with van der Waals surface area (Å²) in [5, 5.41) is 0. The van der Waals surface area contributed by atoms with Crippen molar-refractivity contribution >= 4 is 5.97 Å². The van der Waals surface area contributed by atoms with E-state index in [0.29, 0.717) is 6.54 Å². The third-order valence-electron chi connectivity index (χ3n) is 2.83. The molecule has 2 rings (SSSR count). The predicted octanol–water partition coefficient (Wildman–Crippen LogP) is 1.39. The summed E-state index contributed by atoms with van der Waals surface area (Å²) in [5.74, 6) is -0.218. The smallest absolute Gasteiger partial charge is 0.334 e. The lowest BCUT2D eigenvalue weighted by Crippen LogP contribution is -2.32. The lowest BCUT2D eigenvalue weighted by Gasteiger charge is -2.26. The molecule has 1 aromatic rings. The quantitative estimate of drug-likeness (QED) is 0.738. The van der Waals surface area contributed by atoms with Gasteiger partial charge in [-0.15, -0.1) is 0 Å². The molecule has 0 fully saturated rings. The fraction of sp³-hybridized carbons (Fsp3) is 0.385. The van der Waals surface area contributed by atoms with Gasteiger partial charge in [0.05, 0.1) is 7.11 Å². The van der Waals surface area contributed by atoms with Crippen molar-refractivity contribution in [2.75, 3.05) is 20.2 Å². The number of carbonyl (C=O) groups excluding carboxylic acids is 1. The highest BCUT2D eigenvalue weighted by Crippen LogP contribution is 2.13. The van der Waals surface area contributed by atoms with Crippen molar-refractivity contribution in [3.63, 3.8) is 0 Å². The molecule has 0 N–H and O–H groups in total. The minimum Gasteiger partial charge on any atom is -0.466 e. The Hall–Kier alpha value is -1.68. The molecular weight excluding hydrogens is 216 g/mol. The van der Waals surface area contributed by atoms with Gasteiger partial charge in [-0.05, 0) is 24.1 Å². The summed E-state index contributed by atoms with van der Waals surface area (Å²) < 4.78 is 4.74. The molecule has 0 aliphatic carbocycles. The van der Waals surface area contributed by atoms with Crippen molar-refractivity contribution in [2.45, 2.75) is 13.0 Å². The molecular formula is C13H16N2O2. The monoisotopic (exact) mass is 232 g/mol. The van der Waals surface area contributed by atoms with Crippen molar-refractivity contribution in [1.29, 1.82) is 0 Å². The van der Waals surface area contributed by atoms with E-state index in [4.69, 9.17) is 4.74 Å². The average Bonchev–Trinajstić information content (AvgIpc) is 2.39. The number of aromatic nitrogens is 1. The van der Waals surface area contributed by atoms with E-state index in [9.17, 15) is 4.79 Å². The maximum Gasteiger partial charge on any atom is 0.334 e. The second-order valence-corrected chi connectivity index (χ2v) is 4.08. The second-order valence-electron chi connectivity index (χ2n) is 4.08. The summed E-state index contributed by atoms with van der Waals surface area (Å²) in [6.07, 6.45) is 6.44. The Morgan fingerprint density at radius 1 is 1.47 bits per heavy atom. The highest BCUT2D eigenvalue weighted by atomic mass is 16.5. The van der Waals surface area contributed by atoms with Gasteiger partial charge in [0.2, 0.25) is 0 Å². The Balaban J connectivity index is 1.97. The second kappa shape index (κ2) is 5.59. The Kier molecular flexibility index (Phi) is 3.88. The van der Waals surface area contributed by atoms with Gasteiger partial charge >= 0.3 is 5.97 Å². The van der Waals surface area contributed by atoms with E-state index in [1.165, 1.54) is 12.7 Å². The Morgan fingerprint density at radius 2 is 2.24 bits per heavy atom. The van der Waals surface area contributed by atoms with Gasteiger partial charge < -0.3 is 4.74 Å². The summed E-state index contributed by atoms with van der Waals surface area (Å²) in [5.41, 5.74) is 1.97. The number of ether oxygens (including phenoxy) is 1. The minimum absolute atomic E-state index is 0.218. The van der Waals surface area contributed by atoms with Crippen LogP contribution in [0.4, 0.5) is 0 Å². The highest BCUT2D eigenvalue weighted by Gasteiger charge is 2.18. The van der Waals surface area contributed by atoms with Gasteiger partial charge in [0.1, 0.15) is 0 Å². The van der Waals surface area contributed by atoms with Crippen LogP contribution in [-0.4, -0.2) is 36.1 Å². The molecule has 0 bridgehead atoms. The van der Waals surface area contributed by atoms with Gasteiger partial charge in [-0.2, -0.15) is 0 Å². The lowest BCUT2D eigenvalue weighted by molar-refractivity contribution is -0.136. The van der Waals surface area contributed by atoms with E-state index >= 15 is 0 Å². The van der Waals surface area contributed by atoms with Gasteiger partial charge in [-0.25, -0.2) is 4.79 Å². The summed E-state index contributed by atoms with van der Waals surface area (Å²) >= 11 is 0. The van der Waals surface area contributed by atoms with Crippen molar-refractivity contribution in [2.24, 2.45) is 0 Å². The number of methoxy groups -OCH3 is 1. The molecule has 0 atom stereocenters. The Labute approximate surface area is 101 Å². The first-order valence-corrected chi connectivity index (χ1v) is 5.68. The average molecular weight is 232 g/mol. The molecule has 0 amide bonds. The molecule has 1 aliphatic heterocycles. The normalized spacial score (nSPS) is 16.4. The molecule has 0 saturated heterocycles. The fourth-order valence-corrected chi connectivity index (χ4v) is 1.97. The summed E-state index contributed by atoms with van der Waals surface area (Å²) in [7, 11) is 1.42. The van der Waals surface area contributed by atoms with Crippen LogP contribution in [0.25, 0.3) is 0 Å². The van der Waals surface area contributed by atoms with Gasteiger partial charge in [0, 0.05) is 37.6 Å². The molecule has 2 heterocycles. The van der Waals surface area contributed by atoms with Crippen LogP contribution in [0, 0.1) is 0 Å². The van der Waals surface area contributed by atoms with Gasteiger partial charge in [0.25, 0.3) is 0 Å². The lowest BCUT2D eigenvalue weighted by atomic mass is 10.1. The predicted molar refractivity (Wildman–Crippen MR) is 64.2 cm³/mol. The van der Waals surface area contributed by atoms with Crippen LogP contribution in [0.15, 0.2) is 36.2 Å². The molecule has 4 nitrogen and oxygen atoms in total. The molecule has 90 valence electrons. The molecule has 17 heavy (non-hydrogen) atoms. The first-order chi connectivity index (χ1) is 8.29. The van der Waals surface area contributed by atoms with Crippen molar-refractivity contribution < 1.29 is 9.53 Å². The number of esters is 1. The van der Waals surface area contributed by atoms with Gasteiger partial charge in [0.15, 0.2) is 0 Å². The third-order valence-corrected chi connectivity index (χ3v) is 2.83. The largest absolute Gasteiger partial charge is 0.466 e. The molecule has 1 aromatic heterocycles. The SMILES string of the molecule is COC(=O)C1=CCCN(Cc2ccncc2)C1. The van der Waals surface area contributed by atoms with Crippen molar-refractivity contribution in [3.8, 4) is 0 Å². The van der Waals surface area contributed by atoms with Crippen LogP contribution in [0.2, 0.25) is 0 Å². The number of hydrogen-bond acceptors (Lipinski definition) is 4. The third kappa shape index (κ3) is 3.14. The van der Waals surface area contributed by atoms with Crippen LogP contribution in [0.3, 0.4) is 0 Å². The van der Waals surface area contributed by atoms with E-state index in [-0.39, 0.29) is 5.97 Å². The Morgan fingerprint density at radius 3 is 2.94 bits per heavy atom. The van der Waals surface area contributed by atoms with E-state index in [0.717, 1.165) is 25.1 Å². The first-order valence-electron chi connectivity index (χ1n) is 5.68. The Bertz CT molecular complexity index is 415. The number of hydrogen-bond donors (Lipinski definition) is 0. The number of pyridine rings is 1. The van der Waals surface area contributed by atoms with Crippen LogP contribution >= 0.6 is 0 Å². The molecule has 0 spiro atoms. The number of nitrogens with zero attached hydrogens (tertiary/aromatic N) is 2. The maximum atomic E-state index is 11.4. The molecule has 4 heteroatoms. The van der Waals surface area contributed by atoms with Crippen LogP contribution in [0.1, 0.15) is 12.0 Å². The zero-order chi connectivity index (χ0) is 12.1. The van der Waals surface area contributed by atoms with E-state index < -0.39 is 0 Å². The molecule has 0 radical (unpaired) electrons. The topological polar surface area (TPSA) is 42.4 Å². The van der Waals surface area contributed by atoms with E-state index in [2.05, 4.69) is 9.88 Å². The molecule has 0 saturated carbocycles. The highest BCUT2D eigenvalue weighted by molar-refractivity contribution is 5.88. The summed E-state index contributed by atoms with van der Waals surface area (Å²) in [4.78, 5) is 17.7. The van der Waals surface area contributed by atoms with E-state index in [1.54, 1.807) is 12.4 Å². The maximum absolute atomic E-state index is 11.4. The van der Waals surface area contributed by atoms with Crippen LogP contribution < -0.4 is 0 Å². The van der Waals surface area contributed by atoms with Crippen LogP contribution in [0.5, 0.6) is 0 Å². The summed E-state index contributed by atoms with van der Waals surface area (Å²) in [6.45, 7) is 2.48. The molecule has 0 unspecified atom stereocenters. The molecule has 0 aromatic carbocycles. The number of rotatable bonds is 3. The van der Waals surface area contributed by atoms with Gasteiger partial charge in [-0.1, -0.05) is 6.08 Å². The van der Waals surface area contributed by atoms with Crippen LogP contribution in [-0.2, 0) is 16.1 Å². The first kappa shape index (κ1) is 11.8. The van der Waals surface area contributed by atoms with Gasteiger partial charge in [-0.3, -0.25) is 9.88 Å². The zero-order valence-corrected chi connectivity index (χ0v) is 9.93. The zero-order valence-electron chi connectivity index (χ0n) is 9.93. The fourth-order valence-electron chi connectivity index (χ4n) is 1.97. The van der Waals surface area contributed by atoms with E-state index in [1.807, 2.05) is 18.2 Å². The van der Waals surface area contributed by atoms with Crippen molar-refractivity contribution in [3.05, 3.63) is 41.7 Å². The minimum atomic E-state index is -0.218. The van der Waals surface area contributed by atoms with Crippen molar-refractivity contribution in [1.82, 2.24) is 9.88 Å². The summed E-state index contributed by atoms with van der Waals surface area (Å²) in [6, 6.07) is 3.99.